The van der Waals surface area contributed by atoms with E-state index in [9.17, 15) is 14.0 Å². The second kappa shape index (κ2) is 10.1. The van der Waals surface area contributed by atoms with E-state index < -0.39 is 0 Å². The smallest absolute Gasteiger partial charge is 0.253 e. The van der Waals surface area contributed by atoms with Gasteiger partial charge in [-0.15, -0.1) is 0 Å². The van der Waals surface area contributed by atoms with Crippen LogP contribution in [0.1, 0.15) is 35.2 Å². The Morgan fingerprint density at radius 3 is 2.38 bits per heavy atom. The standard InChI is InChI=1S/C22H23Cl2FN2O2/c23-19-8-3-15(14-20(19)24)2-1-11-26-21(28)16-9-12-27(13-10-16)22(29)17-4-6-18(25)7-5-17/h3-8,14,16H,1-2,9-13H2,(H,26,28). The summed E-state index contributed by atoms with van der Waals surface area (Å²) in [5, 5.41) is 4.06. The predicted octanol–water partition coefficient (Wildman–Crippen LogP) is 4.73. The van der Waals surface area contributed by atoms with E-state index in [1.54, 1.807) is 11.0 Å². The van der Waals surface area contributed by atoms with Crippen molar-refractivity contribution in [1.29, 1.82) is 0 Å². The van der Waals surface area contributed by atoms with Gasteiger partial charge >= 0.3 is 0 Å². The molecule has 0 atom stereocenters. The van der Waals surface area contributed by atoms with Crippen LogP contribution in [0.5, 0.6) is 0 Å². The van der Waals surface area contributed by atoms with E-state index in [-0.39, 0.29) is 23.5 Å². The average Bonchev–Trinajstić information content (AvgIpc) is 2.73. The van der Waals surface area contributed by atoms with Crippen molar-refractivity contribution in [2.24, 2.45) is 5.92 Å². The number of carbonyl (C=O) groups excluding carboxylic acids is 2. The molecule has 7 heteroatoms. The molecule has 4 nitrogen and oxygen atoms in total. The van der Waals surface area contributed by atoms with Crippen LogP contribution < -0.4 is 5.32 Å². The fourth-order valence-electron chi connectivity index (χ4n) is 3.46. The minimum absolute atomic E-state index is 0.0352. The molecule has 0 saturated carbocycles. The third kappa shape index (κ3) is 5.94. The number of likely N-dealkylation sites (tertiary alicyclic amines) is 1. The fraction of sp³-hybridized carbons (Fsp3) is 0.364. The molecule has 29 heavy (non-hydrogen) atoms. The first-order valence-electron chi connectivity index (χ1n) is 9.70. The van der Waals surface area contributed by atoms with Gasteiger partial charge in [0, 0.05) is 31.1 Å². The summed E-state index contributed by atoms with van der Waals surface area (Å²) in [6.45, 7) is 1.64. The average molecular weight is 437 g/mol. The molecule has 1 N–H and O–H groups in total. The van der Waals surface area contributed by atoms with Gasteiger partial charge in [0.25, 0.3) is 5.91 Å². The number of piperidine rings is 1. The maximum absolute atomic E-state index is 13.0. The first kappa shape index (κ1) is 21.6. The Balaban J connectivity index is 1.39. The zero-order chi connectivity index (χ0) is 20.8. The third-order valence-electron chi connectivity index (χ3n) is 5.17. The van der Waals surface area contributed by atoms with E-state index in [4.69, 9.17) is 23.2 Å². The minimum Gasteiger partial charge on any atom is -0.356 e. The molecule has 1 saturated heterocycles. The fourth-order valence-corrected chi connectivity index (χ4v) is 3.78. The van der Waals surface area contributed by atoms with Crippen molar-refractivity contribution >= 4 is 35.0 Å². The molecule has 154 valence electrons. The van der Waals surface area contributed by atoms with Crippen molar-refractivity contribution in [2.75, 3.05) is 19.6 Å². The molecule has 0 spiro atoms. The molecule has 0 unspecified atom stereocenters. The molecule has 0 aliphatic carbocycles. The molecule has 1 aliphatic heterocycles. The predicted molar refractivity (Wildman–Crippen MR) is 113 cm³/mol. The summed E-state index contributed by atoms with van der Waals surface area (Å²) in [5.74, 6) is -0.535. The molecule has 1 heterocycles. The molecule has 1 fully saturated rings. The molecule has 0 bridgehead atoms. The molecule has 2 amide bonds. The third-order valence-corrected chi connectivity index (χ3v) is 5.91. The summed E-state index contributed by atoms with van der Waals surface area (Å²) in [6.07, 6.45) is 2.88. The second-order valence-electron chi connectivity index (χ2n) is 7.22. The second-order valence-corrected chi connectivity index (χ2v) is 8.03. The monoisotopic (exact) mass is 436 g/mol. The highest BCUT2D eigenvalue weighted by Gasteiger charge is 2.27. The lowest BCUT2D eigenvalue weighted by molar-refractivity contribution is -0.126. The Morgan fingerprint density at radius 2 is 1.72 bits per heavy atom. The molecular weight excluding hydrogens is 414 g/mol. The number of halogens is 3. The van der Waals surface area contributed by atoms with Crippen molar-refractivity contribution in [2.45, 2.75) is 25.7 Å². The lowest BCUT2D eigenvalue weighted by Crippen LogP contribution is -2.43. The quantitative estimate of drug-likeness (QED) is 0.665. The summed E-state index contributed by atoms with van der Waals surface area (Å²) in [7, 11) is 0. The molecule has 2 aromatic carbocycles. The molecule has 2 aromatic rings. The Bertz CT molecular complexity index is 866. The van der Waals surface area contributed by atoms with Gasteiger partial charge in [-0.25, -0.2) is 4.39 Å². The van der Waals surface area contributed by atoms with Gasteiger partial charge in [0.15, 0.2) is 0 Å². The van der Waals surface area contributed by atoms with E-state index >= 15 is 0 Å². The highest BCUT2D eigenvalue weighted by molar-refractivity contribution is 6.42. The highest BCUT2D eigenvalue weighted by Crippen LogP contribution is 2.23. The van der Waals surface area contributed by atoms with Gasteiger partial charge in [0.1, 0.15) is 5.82 Å². The lowest BCUT2D eigenvalue weighted by atomic mass is 9.95. The number of hydrogen-bond donors (Lipinski definition) is 1. The van der Waals surface area contributed by atoms with Crippen LogP contribution in [0.3, 0.4) is 0 Å². The van der Waals surface area contributed by atoms with Gasteiger partial charge in [-0.1, -0.05) is 29.3 Å². The minimum atomic E-state index is -0.365. The normalized spacial score (nSPS) is 14.7. The van der Waals surface area contributed by atoms with Gasteiger partial charge in [-0.2, -0.15) is 0 Å². The summed E-state index contributed by atoms with van der Waals surface area (Å²) in [6, 6.07) is 11.1. The lowest BCUT2D eigenvalue weighted by Gasteiger charge is -2.31. The Morgan fingerprint density at radius 1 is 1.03 bits per heavy atom. The molecule has 3 rings (SSSR count). The van der Waals surface area contributed by atoms with Crippen LogP contribution >= 0.6 is 23.2 Å². The molecular formula is C22H23Cl2FN2O2. The summed E-state index contributed by atoms with van der Waals surface area (Å²) < 4.78 is 13.0. The van der Waals surface area contributed by atoms with Crippen molar-refractivity contribution in [1.82, 2.24) is 10.2 Å². The summed E-state index contributed by atoms with van der Waals surface area (Å²) >= 11 is 11.9. The van der Waals surface area contributed by atoms with Crippen LogP contribution in [0, 0.1) is 11.7 Å². The van der Waals surface area contributed by atoms with E-state index in [1.165, 1.54) is 24.3 Å². The summed E-state index contributed by atoms with van der Waals surface area (Å²) in [4.78, 5) is 26.6. The van der Waals surface area contributed by atoms with Crippen LogP contribution in [-0.4, -0.2) is 36.3 Å². The zero-order valence-electron chi connectivity index (χ0n) is 16.0. The number of rotatable bonds is 6. The van der Waals surface area contributed by atoms with Crippen molar-refractivity contribution in [3.8, 4) is 0 Å². The molecule has 0 aromatic heterocycles. The van der Waals surface area contributed by atoms with Gasteiger partial charge in [-0.3, -0.25) is 9.59 Å². The van der Waals surface area contributed by atoms with Crippen LogP contribution in [0.4, 0.5) is 4.39 Å². The van der Waals surface area contributed by atoms with Crippen LogP contribution in [0.25, 0.3) is 0 Å². The van der Waals surface area contributed by atoms with E-state index in [2.05, 4.69) is 5.32 Å². The van der Waals surface area contributed by atoms with Gasteiger partial charge < -0.3 is 10.2 Å². The molecule has 0 radical (unpaired) electrons. The maximum Gasteiger partial charge on any atom is 0.253 e. The first-order chi connectivity index (χ1) is 13.9. The van der Waals surface area contributed by atoms with Crippen molar-refractivity contribution < 1.29 is 14.0 Å². The summed E-state index contributed by atoms with van der Waals surface area (Å²) in [5.41, 5.74) is 1.55. The number of amides is 2. The van der Waals surface area contributed by atoms with Crippen LogP contribution in [0.2, 0.25) is 10.0 Å². The topological polar surface area (TPSA) is 49.4 Å². The van der Waals surface area contributed by atoms with Crippen molar-refractivity contribution in [3.05, 3.63) is 69.5 Å². The Hall–Kier alpha value is -2.11. The number of nitrogens with one attached hydrogen (secondary N) is 1. The van der Waals surface area contributed by atoms with E-state index in [0.29, 0.717) is 48.1 Å². The van der Waals surface area contributed by atoms with Crippen LogP contribution in [-0.2, 0) is 11.2 Å². The highest BCUT2D eigenvalue weighted by atomic mass is 35.5. The largest absolute Gasteiger partial charge is 0.356 e. The first-order valence-corrected chi connectivity index (χ1v) is 10.5. The number of nitrogens with zero attached hydrogens (tertiary/aromatic N) is 1. The van der Waals surface area contributed by atoms with E-state index in [0.717, 1.165) is 18.4 Å². The SMILES string of the molecule is O=C(NCCCc1ccc(Cl)c(Cl)c1)C1CCN(C(=O)c2ccc(F)cc2)CC1. The number of aryl methyl sites for hydroxylation is 1. The van der Waals surface area contributed by atoms with E-state index in [1.807, 2.05) is 12.1 Å². The number of carbonyl (C=O) groups is 2. The number of benzene rings is 2. The maximum atomic E-state index is 13.0. The van der Waals surface area contributed by atoms with Crippen molar-refractivity contribution in [3.63, 3.8) is 0 Å². The van der Waals surface area contributed by atoms with Gasteiger partial charge in [-0.05, 0) is 67.6 Å². The Kier molecular flexibility index (Phi) is 7.51. The Labute approximate surface area is 180 Å². The van der Waals surface area contributed by atoms with Crippen LogP contribution in [0.15, 0.2) is 42.5 Å². The van der Waals surface area contributed by atoms with Gasteiger partial charge in [0.05, 0.1) is 10.0 Å². The number of hydrogen-bond acceptors (Lipinski definition) is 2. The molecule has 1 aliphatic rings. The zero-order valence-corrected chi connectivity index (χ0v) is 17.5. The van der Waals surface area contributed by atoms with Gasteiger partial charge in [0.2, 0.25) is 5.91 Å².